The van der Waals surface area contributed by atoms with Gasteiger partial charge >= 0.3 is 0 Å². The molecule has 0 saturated heterocycles. The van der Waals surface area contributed by atoms with Crippen LogP contribution in [0.1, 0.15) is 11.4 Å². The highest BCUT2D eigenvalue weighted by Crippen LogP contribution is 2.23. The highest BCUT2D eigenvalue weighted by Gasteiger charge is 2.13. The lowest BCUT2D eigenvalue weighted by molar-refractivity contribution is 0.643. The molecule has 2 aromatic carbocycles. The largest absolute Gasteiger partial charge is 0.278 e. The first-order chi connectivity index (χ1) is 12.6. The fraction of sp³-hybridized carbons (Fsp3) is 0.167. The zero-order valence-corrected chi connectivity index (χ0v) is 15.1. The molecule has 2 aromatic heterocycles. The Morgan fingerprint density at radius 3 is 2.69 bits per heavy atom. The zero-order chi connectivity index (χ0) is 18.1. The van der Waals surface area contributed by atoms with Gasteiger partial charge in [0.25, 0.3) is 5.56 Å². The van der Waals surface area contributed by atoms with Crippen molar-refractivity contribution in [1.29, 1.82) is 0 Å². The summed E-state index contributed by atoms with van der Waals surface area (Å²) in [5.74, 6) is 1.09. The molecule has 4 aromatic rings. The molecular formula is C18H16N6OS. The van der Waals surface area contributed by atoms with Gasteiger partial charge in [-0.2, -0.15) is 4.68 Å². The van der Waals surface area contributed by atoms with Crippen molar-refractivity contribution >= 4 is 22.7 Å². The average molecular weight is 364 g/mol. The summed E-state index contributed by atoms with van der Waals surface area (Å²) in [5.41, 5.74) is 2.58. The number of thioether (sulfide) groups is 1. The predicted molar refractivity (Wildman–Crippen MR) is 100 cm³/mol. The summed E-state index contributed by atoms with van der Waals surface area (Å²) >= 11 is 1.39. The molecule has 0 aliphatic heterocycles. The number of aromatic nitrogens is 6. The van der Waals surface area contributed by atoms with Gasteiger partial charge in [-0.05, 0) is 43.7 Å². The van der Waals surface area contributed by atoms with E-state index in [1.807, 2.05) is 48.7 Å². The van der Waals surface area contributed by atoms with Crippen molar-refractivity contribution in [1.82, 2.24) is 29.8 Å². The Bertz CT molecular complexity index is 1150. The topological polar surface area (TPSA) is 78.5 Å². The third kappa shape index (κ3) is 2.99. The quantitative estimate of drug-likeness (QED) is 0.518. The van der Waals surface area contributed by atoms with E-state index in [0.717, 1.165) is 17.1 Å². The van der Waals surface area contributed by atoms with Crippen LogP contribution in [0.5, 0.6) is 0 Å². The first kappa shape index (κ1) is 16.5. The molecule has 7 nitrogen and oxygen atoms in total. The Morgan fingerprint density at radius 1 is 1.00 bits per heavy atom. The molecule has 0 aliphatic carbocycles. The molecule has 130 valence electrons. The van der Waals surface area contributed by atoms with Crippen LogP contribution < -0.4 is 5.56 Å². The zero-order valence-electron chi connectivity index (χ0n) is 14.3. The number of hydrogen-bond donors (Lipinski definition) is 0. The lowest BCUT2D eigenvalue weighted by Crippen LogP contribution is -2.23. The summed E-state index contributed by atoms with van der Waals surface area (Å²) < 4.78 is 3.31. The fourth-order valence-corrected chi connectivity index (χ4v) is 3.60. The number of aryl methyl sites for hydroxylation is 2. The van der Waals surface area contributed by atoms with Gasteiger partial charge in [0, 0.05) is 5.69 Å². The third-order valence-corrected chi connectivity index (χ3v) is 4.90. The maximum absolute atomic E-state index is 12.6. The number of nitrogens with zero attached hydrogens (tertiary/aromatic N) is 6. The summed E-state index contributed by atoms with van der Waals surface area (Å²) in [6.07, 6.45) is 0. The second-order valence-electron chi connectivity index (χ2n) is 5.89. The van der Waals surface area contributed by atoms with Gasteiger partial charge in [0.15, 0.2) is 5.16 Å². The Labute approximate surface area is 153 Å². The lowest BCUT2D eigenvalue weighted by Gasteiger charge is -2.09. The van der Waals surface area contributed by atoms with Crippen molar-refractivity contribution in [2.75, 3.05) is 0 Å². The monoisotopic (exact) mass is 364 g/mol. The SMILES string of the molecule is Cc1cccc(-n2c(C)nnc2SCn2nnc3ccccc3c2=O)c1. The van der Waals surface area contributed by atoms with Crippen LogP contribution in [-0.4, -0.2) is 29.8 Å². The smallest absolute Gasteiger partial charge is 0.274 e. The Balaban J connectivity index is 1.66. The Hall–Kier alpha value is -3.00. The molecule has 0 atom stereocenters. The van der Waals surface area contributed by atoms with E-state index < -0.39 is 0 Å². The maximum Gasteiger partial charge on any atom is 0.278 e. The minimum Gasteiger partial charge on any atom is -0.274 e. The normalized spacial score (nSPS) is 11.2. The predicted octanol–water partition coefficient (Wildman–Crippen LogP) is 2.74. The van der Waals surface area contributed by atoms with Gasteiger partial charge < -0.3 is 0 Å². The summed E-state index contributed by atoms with van der Waals surface area (Å²) in [6, 6.07) is 15.3. The van der Waals surface area contributed by atoms with Gasteiger partial charge in [-0.25, -0.2) is 0 Å². The van der Waals surface area contributed by atoms with Crippen LogP contribution in [0.3, 0.4) is 0 Å². The number of hydrogen-bond acceptors (Lipinski definition) is 6. The van der Waals surface area contributed by atoms with E-state index in [4.69, 9.17) is 0 Å². The Morgan fingerprint density at radius 2 is 1.85 bits per heavy atom. The van der Waals surface area contributed by atoms with E-state index in [1.165, 1.54) is 16.4 Å². The summed E-state index contributed by atoms with van der Waals surface area (Å²) in [5, 5.41) is 17.8. The molecule has 4 rings (SSSR count). The molecule has 0 saturated carbocycles. The van der Waals surface area contributed by atoms with Crippen molar-refractivity contribution in [3.63, 3.8) is 0 Å². The molecule has 8 heteroatoms. The first-order valence-corrected chi connectivity index (χ1v) is 9.06. The second-order valence-corrected chi connectivity index (χ2v) is 6.80. The molecule has 2 heterocycles. The summed E-state index contributed by atoms with van der Waals surface area (Å²) in [4.78, 5) is 12.6. The van der Waals surface area contributed by atoms with Crippen LogP contribution in [0, 0.1) is 13.8 Å². The van der Waals surface area contributed by atoms with Crippen molar-refractivity contribution in [3.8, 4) is 5.69 Å². The van der Waals surface area contributed by atoms with Crippen LogP contribution >= 0.6 is 11.8 Å². The van der Waals surface area contributed by atoms with E-state index in [-0.39, 0.29) is 5.56 Å². The number of benzene rings is 2. The molecule has 0 fully saturated rings. The molecule has 0 N–H and O–H groups in total. The fourth-order valence-electron chi connectivity index (χ4n) is 2.73. The maximum atomic E-state index is 12.6. The molecule has 26 heavy (non-hydrogen) atoms. The number of rotatable bonds is 4. The van der Waals surface area contributed by atoms with Crippen LogP contribution in [0.4, 0.5) is 0 Å². The molecule has 0 unspecified atom stereocenters. The highest BCUT2D eigenvalue weighted by atomic mass is 32.2. The van der Waals surface area contributed by atoms with Crippen LogP contribution in [0.25, 0.3) is 16.6 Å². The molecule has 0 amide bonds. The molecular weight excluding hydrogens is 348 g/mol. The van der Waals surface area contributed by atoms with E-state index in [0.29, 0.717) is 21.9 Å². The van der Waals surface area contributed by atoms with E-state index in [2.05, 4.69) is 26.6 Å². The lowest BCUT2D eigenvalue weighted by atomic mass is 10.2. The minimum absolute atomic E-state index is 0.165. The van der Waals surface area contributed by atoms with Gasteiger partial charge in [-0.1, -0.05) is 41.2 Å². The average Bonchev–Trinajstić information content (AvgIpc) is 3.02. The van der Waals surface area contributed by atoms with Crippen molar-refractivity contribution in [2.24, 2.45) is 0 Å². The van der Waals surface area contributed by atoms with Crippen LogP contribution in [0.15, 0.2) is 58.5 Å². The summed E-state index contributed by atoms with van der Waals surface area (Å²) in [6.45, 7) is 3.95. The van der Waals surface area contributed by atoms with Gasteiger partial charge in [0.2, 0.25) is 0 Å². The van der Waals surface area contributed by atoms with Crippen molar-refractivity contribution in [2.45, 2.75) is 24.9 Å². The van der Waals surface area contributed by atoms with Crippen molar-refractivity contribution < 1.29 is 0 Å². The first-order valence-electron chi connectivity index (χ1n) is 8.08. The standard InChI is InChI=1S/C18H16N6OS/c1-12-6-5-7-14(10-12)24-13(2)19-21-18(24)26-11-23-17(25)15-8-3-4-9-16(15)20-22-23/h3-10H,11H2,1-2H3. The van der Waals surface area contributed by atoms with E-state index >= 15 is 0 Å². The molecule has 0 spiro atoms. The summed E-state index contributed by atoms with van der Waals surface area (Å²) in [7, 11) is 0. The van der Waals surface area contributed by atoms with Gasteiger partial charge in [0.05, 0.1) is 11.3 Å². The van der Waals surface area contributed by atoms with Crippen LogP contribution in [0.2, 0.25) is 0 Å². The number of fused-ring (bicyclic) bond motifs is 1. The van der Waals surface area contributed by atoms with Crippen molar-refractivity contribution in [3.05, 3.63) is 70.3 Å². The van der Waals surface area contributed by atoms with Gasteiger partial charge in [-0.15, -0.1) is 15.3 Å². The minimum atomic E-state index is -0.165. The Kier molecular flexibility index (Phi) is 4.26. The second kappa shape index (κ2) is 6.72. The molecule has 0 aliphatic rings. The van der Waals surface area contributed by atoms with Gasteiger partial charge in [-0.3, -0.25) is 9.36 Å². The van der Waals surface area contributed by atoms with Gasteiger partial charge in [0.1, 0.15) is 11.3 Å². The highest BCUT2D eigenvalue weighted by molar-refractivity contribution is 7.98. The van der Waals surface area contributed by atoms with Crippen LogP contribution in [-0.2, 0) is 5.88 Å². The van der Waals surface area contributed by atoms with E-state index in [1.54, 1.807) is 12.1 Å². The van der Waals surface area contributed by atoms with E-state index in [9.17, 15) is 4.79 Å². The molecule has 0 bridgehead atoms. The third-order valence-electron chi connectivity index (χ3n) is 4.00. The molecule has 0 radical (unpaired) electrons.